The summed E-state index contributed by atoms with van der Waals surface area (Å²) in [5, 5.41) is 6.37. The molecule has 2 atom stereocenters. The third-order valence-corrected chi connectivity index (χ3v) is 4.35. The number of carbonyl (C=O) groups excluding carboxylic acids is 1. The van der Waals surface area contributed by atoms with Crippen molar-refractivity contribution in [1.29, 1.82) is 0 Å². The van der Waals surface area contributed by atoms with Gasteiger partial charge in [0.2, 0.25) is 0 Å². The molecule has 1 aromatic carbocycles. The largest absolute Gasteiger partial charge is 0.445 e. The van der Waals surface area contributed by atoms with Crippen molar-refractivity contribution >= 4 is 6.09 Å². The van der Waals surface area contributed by atoms with Gasteiger partial charge < -0.3 is 15.4 Å². The van der Waals surface area contributed by atoms with Crippen LogP contribution in [0.3, 0.4) is 0 Å². The topological polar surface area (TPSA) is 50.4 Å². The van der Waals surface area contributed by atoms with Crippen molar-refractivity contribution in [3.63, 3.8) is 0 Å². The summed E-state index contributed by atoms with van der Waals surface area (Å²) in [6, 6.07) is 10.1. The molecule has 1 amide bonds. The molecule has 1 aromatic rings. The Morgan fingerprint density at radius 1 is 1.25 bits per heavy atom. The number of ether oxygens (including phenoxy) is 1. The predicted octanol–water partition coefficient (Wildman–Crippen LogP) is 2.30. The van der Waals surface area contributed by atoms with Crippen LogP contribution in [0.25, 0.3) is 0 Å². The van der Waals surface area contributed by atoms with Gasteiger partial charge in [0, 0.05) is 6.04 Å². The zero-order chi connectivity index (χ0) is 13.8. The van der Waals surface area contributed by atoms with E-state index in [9.17, 15) is 4.79 Å². The fourth-order valence-electron chi connectivity index (χ4n) is 3.09. The number of rotatable bonds is 4. The average Bonchev–Trinajstić information content (AvgIpc) is 3.26. The van der Waals surface area contributed by atoms with Gasteiger partial charge in [0.1, 0.15) is 6.61 Å². The van der Waals surface area contributed by atoms with Crippen LogP contribution in [0.5, 0.6) is 0 Å². The lowest BCUT2D eigenvalue weighted by Crippen LogP contribution is -2.32. The lowest BCUT2D eigenvalue weighted by molar-refractivity contribution is 0.138. The third-order valence-electron chi connectivity index (χ3n) is 4.35. The van der Waals surface area contributed by atoms with Crippen LogP contribution in [0.1, 0.15) is 24.8 Å². The Labute approximate surface area is 119 Å². The Hall–Kier alpha value is -1.55. The standard InChI is InChI=1S/C16H22N2O2/c19-16(20-11-12-4-2-1-3-5-12)18-15-10-14(15)13-6-8-17-9-7-13/h1-5,13-15,17H,6-11H2,(H,18,19)/t14-,15+/m0/s1. The Morgan fingerprint density at radius 2 is 2.00 bits per heavy atom. The number of piperidine rings is 1. The normalized spacial score (nSPS) is 26.0. The predicted molar refractivity (Wildman–Crippen MR) is 77.3 cm³/mol. The third kappa shape index (κ3) is 3.51. The Kier molecular flexibility index (Phi) is 4.21. The first kappa shape index (κ1) is 13.4. The summed E-state index contributed by atoms with van der Waals surface area (Å²) in [7, 11) is 0. The molecule has 3 rings (SSSR count). The molecule has 1 saturated heterocycles. The number of hydrogen-bond donors (Lipinski definition) is 2. The molecule has 1 aliphatic carbocycles. The first-order valence-electron chi connectivity index (χ1n) is 7.51. The first-order valence-corrected chi connectivity index (χ1v) is 7.51. The molecule has 1 saturated carbocycles. The molecule has 2 fully saturated rings. The van der Waals surface area contributed by atoms with E-state index in [2.05, 4.69) is 10.6 Å². The highest BCUT2D eigenvalue weighted by atomic mass is 16.5. The van der Waals surface area contributed by atoms with Crippen molar-refractivity contribution in [2.24, 2.45) is 11.8 Å². The van der Waals surface area contributed by atoms with E-state index >= 15 is 0 Å². The van der Waals surface area contributed by atoms with Crippen LogP contribution in [0.2, 0.25) is 0 Å². The number of hydrogen-bond acceptors (Lipinski definition) is 3. The highest BCUT2D eigenvalue weighted by Crippen LogP contribution is 2.41. The first-order chi connectivity index (χ1) is 9.83. The monoisotopic (exact) mass is 274 g/mol. The Balaban J connectivity index is 1.37. The number of benzene rings is 1. The maximum Gasteiger partial charge on any atom is 0.407 e. The van der Waals surface area contributed by atoms with Crippen molar-refractivity contribution in [1.82, 2.24) is 10.6 Å². The van der Waals surface area contributed by atoms with E-state index in [1.165, 1.54) is 12.8 Å². The number of nitrogens with one attached hydrogen (secondary N) is 2. The van der Waals surface area contributed by atoms with Gasteiger partial charge in [-0.15, -0.1) is 0 Å². The minimum absolute atomic E-state index is 0.282. The van der Waals surface area contributed by atoms with E-state index in [1.807, 2.05) is 30.3 Å². The molecule has 2 aliphatic rings. The summed E-state index contributed by atoms with van der Waals surface area (Å²) in [6.45, 7) is 2.58. The summed E-state index contributed by atoms with van der Waals surface area (Å²) >= 11 is 0. The van der Waals surface area contributed by atoms with Gasteiger partial charge in [-0.2, -0.15) is 0 Å². The highest BCUT2D eigenvalue weighted by molar-refractivity contribution is 5.68. The van der Waals surface area contributed by atoms with Crippen LogP contribution in [0, 0.1) is 11.8 Å². The van der Waals surface area contributed by atoms with E-state index in [4.69, 9.17) is 4.74 Å². The summed E-state index contributed by atoms with van der Waals surface area (Å²) in [5.41, 5.74) is 1.02. The zero-order valence-electron chi connectivity index (χ0n) is 11.7. The van der Waals surface area contributed by atoms with Crippen LogP contribution in [0.4, 0.5) is 4.79 Å². The van der Waals surface area contributed by atoms with Gasteiger partial charge in [-0.1, -0.05) is 30.3 Å². The molecule has 1 heterocycles. The molecule has 0 spiro atoms. The van der Waals surface area contributed by atoms with Gasteiger partial charge in [0.15, 0.2) is 0 Å². The van der Waals surface area contributed by atoms with Gasteiger partial charge in [-0.25, -0.2) is 4.79 Å². The molecule has 20 heavy (non-hydrogen) atoms. The maximum absolute atomic E-state index is 11.7. The lowest BCUT2D eigenvalue weighted by Gasteiger charge is -2.22. The van der Waals surface area contributed by atoms with E-state index in [0.29, 0.717) is 18.6 Å². The SMILES string of the molecule is O=C(N[C@@H]1C[C@H]1C1CCNCC1)OCc1ccccc1. The molecule has 4 heteroatoms. The number of amides is 1. The van der Waals surface area contributed by atoms with Crippen LogP contribution in [-0.4, -0.2) is 25.2 Å². The maximum atomic E-state index is 11.7. The van der Waals surface area contributed by atoms with E-state index in [0.717, 1.165) is 31.0 Å². The average molecular weight is 274 g/mol. The molecule has 2 N–H and O–H groups in total. The smallest absolute Gasteiger partial charge is 0.407 e. The molecular weight excluding hydrogens is 252 g/mol. The van der Waals surface area contributed by atoms with Crippen molar-refractivity contribution in [3.05, 3.63) is 35.9 Å². The molecule has 0 unspecified atom stereocenters. The van der Waals surface area contributed by atoms with Gasteiger partial charge >= 0.3 is 6.09 Å². The van der Waals surface area contributed by atoms with Crippen LogP contribution in [0.15, 0.2) is 30.3 Å². The van der Waals surface area contributed by atoms with Crippen molar-refractivity contribution in [2.75, 3.05) is 13.1 Å². The minimum atomic E-state index is -0.282. The summed E-state index contributed by atoms with van der Waals surface area (Å²) in [4.78, 5) is 11.7. The van der Waals surface area contributed by atoms with Crippen LogP contribution in [-0.2, 0) is 11.3 Å². The van der Waals surface area contributed by atoms with Gasteiger partial charge in [0.05, 0.1) is 0 Å². The quantitative estimate of drug-likeness (QED) is 0.886. The Morgan fingerprint density at radius 3 is 2.75 bits per heavy atom. The summed E-state index contributed by atoms with van der Waals surface area (Å²) in [6.07, 6.45) is 3.31. The van der Waals surface area contributed by atoms with E-state index in [1.54, 1.807) is 0 Å². The second-order valence-corrected chi connectivity index (χ2v) is 5.80. The van der Waals surface area contributed by atoms with Crippen molar-refractivity contribution in [2.45, 2.75) is 31.9 Å². The zero-order valence-corrected chi connectivity index (χ0v) is 11.7. The number of alkyl carbamates (subject to hydrolysis) is 1. The highest BCUT2D eigenvalue weighted by Gasteiger charge is 2.44. The molecular formula is C16H22N2O2. The second-order valence-electron chi connectivity index (χ2n) is 5.80. The fraction of sp³-hybridized carbons (Fsp3) is 0.562. The fourth-order valence-corrected chi connectivity index (χ4v) is 3.09. The molecule has 0 radical (unpaired) electrons. The number of carbonyl (C=O) groups is 1. The van der Waals surface area contributed by atoms with E-state index in [-0.39, 0.29) is 6.09 Å². The van der Waals surface area contributed by atoms with Crippen molar-refractivity contribution < 1.29 is 9.53 Å². The van der Waals surface area contributed by atoms with Crippen LogP contribution >= 0.6 is 0 Å². The molecule has 0 bridgehead atoms. The second kappa shape index (κ2) is 6.27. The molecule has 0 aromatic heterocycles. The van der Waals surface area contributed by atoms with Crippen LogP contribution < -0.4 is 10.6 Å². The summed E-state index contributed by atoms with van der Waals surface area (Å²) < 4.78 is 5.25. The molecule has 4 nitrogen and oxygen atoms in total. The van der Waals surface area contributed by atoms with Crippen molar-refractivity contribution in [3.8, 4) is 0 Å². The lowest BCUT2D eigenvalue weighted by atomic mass is 9.93. The Bertz CT molecular complexity index is 443. The van der Waals surface area contributed by atoms with Gasteiger partial charge in [-0.05, 0) is 49.8 Å². The summed E-state index contributed by atoms with van der Waals surface area (Å²) in [5.74, 6) is 1.44. The van der Waals surface area contributed by atoms with Gasteiger partial charge in [-0.3, -0.25) is 0 Å². The molecule has 1 aliphatic heterocycles. The van der Waals surface area contributed by atoms with Gasteiger partial charge in [0.25, 0.3) is 0 Å². The van der Waals surface area contributed by atoms with E-state index < -0.39 is 0 Å². The molecule has 108 valence electrons. The minimum Gasteiger partial charge on any atom is -0.445 e.